The van der Waals surface area contributed by atoms with Crippen LogP contribution in [0.5, 0.6) is 0 Å². The SMILES string of the molecule is CCOC(=O)C1(c2nnc(-c3ccc(NC(=S)Nc4ccccc4)cc3)o2)CC1. The standard InChI is InChI=1S/C21H20N4O3S/c1-2-27-19(26)21(12-13-21)18-25-24-17(28-18)14-8-10-16(11-9-14)23-20(29)22-15-6-4-3-5-7-15/h3-11H,2,12-13H2,1H3,(H2,22,23,29). The summed E-state index contributed by atoms with van der Waals surface area (Å²) in [5.41, 5.74) is 1.73. The van der Waals surface area contributed by atoms with Crippen LogP contribution in [0.3, 0.4) is 0 Å². The number of nitrogens with zero attached hydrogens (tertiary/aromatic N) is 2. The van der Waals surface area contributed by atoms with Crippen LogP contribution in [0.2, 0.25) is 0 Å². The van der Waals surface area contributed by atoms with Gasteiger partial charge in [-0.3, -0.25) is 4.79 Å². The fraction of sp³-hybridized carbons (Fsp3) is 0.238. The average molecular weight is 408 g/mol. The molecule has 0 spiro atoms. The van der Waals surface area contributed by atoms with E-state index in [1.807, 2.05) is 54.6 Å². The lowest BCUT2D eigenvalue weighted by atomic mass is 10.1. The molecule has 0 aliphatic heterocycles. The Labute approximate surface area is 173 Å². The molecule has 7 nitrogen and oxygen atoms in total. The Morgan fingerprint density at radius 1 is 1.07 bits per heavy atom. The van der Waals surface area contributed by atoms with Crippen molar-refractivity contribution in [2.45, 2.75) is 25.2 Å². The zero-order valence-corrected chi connectivity index (χ0v) is 16.7. The lowest BCUT2D eigenvalue weighted by Gasteiger charge is -2.10. The Morgan fingerprint density at radius 2 is 1.72 bits per heavy atom. The van der Waals surface area contributed by atoms with Crippen LogP contribution in [0.4, 0.5) is 11.4 Å². The maximum Gasteiger partial charge on any atom is 0.321 e. The van der Waals surface area contributed by atoms with Gasteiger partial charge in [0.05, 0.1) is 6.61 Å². The molecule has 1 aliphatic carbocycles. The molecule has 0 unspecified atom stereocenters. The van der Waals surface area contributed by atoms with Gasteiger partial charge in [-0.25, -0.2) is 0 Å². The molecule has 0 radical (unpaired) electrons. The van der Waals surface area contributed by atoms with Crippen LogP contribution in [0.1, 0.15) is 25.7 Å². The van der Waals surface area contributed by atoms with Gasteiger partial charge in [0.25, 0.3) is 0 Å². The summed E-state index contributed by atoms with van der Waals surface area (Å²) in [6, 6.07) is 17.1. The quantitative estimate of drug-likeness (QED) is 0.465. The Balaban J connectivity index is 1.42. The Kier molecular flexibility index (Phi) is 5.26. The number of benzene rings is 2. The number of para-hydroxylation sites is 1. The highest BCUT2D eigenvalue weighted by Crippen LogP contribution is 2.49. The summed E-state index contributed by atoms with van der Waals surface area (Å²) in [5.74, 6) is 0.391. The van der Waals surface area contributed by atoms with Gasteiger partial charge in [-0.1, -0.05) is 18.2 Å². The number of hydrogen-bond donors (Lipinski definition) is 2. The van der Waals surface area contributed by atoms with Gasteiger partial charge in [-0.2, -0.15) is 0 Å². The van der Waals surface area contributed by atoms with Crippen molar-refractivity contribution >= 4 is 34.7 Å². The van der Waals surface area contributed by atoms with E-state index in [4.69, 9.17) is 21.4 Å². The predicted octanol–water partition coefficient (Wildman–Crippen LogP) is 4.14. The number of aromatic nitrogens is 2. The fourth-order valence-corrected chi connectivity index (χ4v) is 3.18. The summed E-state index contributed by atoms with van der Waals surface area (Å²) < 4.78 is 10.9. The number of thiocarbonyl (C=S) groups is 1. The Morgan fingerprint density at radius 3 is 2.34 bits per heavy atom. The molecular weight excluding hydrogens is 388 g/mol. The number of carbonyl (C=O) groups is 1. The van der Waals surface area contributed by atoms with Crippen molar-refractivity contribution in [3.63, 3.8) is 0 Å². The summed E-state index contributed by atoms with van der Waals surface area (Å²) in [7, 11) is 0. The largest absolute Gasteiger partial charge is 0.465 e. The number of nitrogens with one attached hydrogen (secondary N) is 2. The molecule has 8 heteroatoms. The number of carbonyl (C=O) groups excluding carboxylic acids is 1. The molecule has 2 aromatic carbocycles. The molecule has 1 heterocycles. The van der Waals surface area contributed by atoms with Crippen molar-refractivity contribution in [1.29, 1.82) is 0 Å². The van der Waals surface area contributed by atoms with Gasteiger partial charge in [0.2, 0.25) is 11.8 Å². The molecule has 0 atom stereocenters. The summed E-state index contributed by atoms with van der Waals surface area (Å²) >= 11 is 5.33. The topological polar surface area (TPSA) is 89.3 Å². The lowest BCUT2D eigenvalue weighted by molar-refractivity contribution is -0.146. The molecule has 1 aliphatic rings. The molecule has 1 fully saturated rings. The van der Waals surface area contributed by atoms with Crippen molar-refractivity contribution in [2.75, 3.05) is 17.2 Å². The summed E-state index contributed by atoms with van der Waals surface area (Å²) in [6.45, 7) is 2.11. The lowest BCUT2D eigenvalue weighted by Crippen LogP contribution is -2.23. The average Bonchev–Trinajstić information content (AvgIpc) is 3.39. The van der Waals surface area contributed by atoms with Crippen LogP contribution < -0.4 is 10.6 Å². The van der Waals surface area contributed by atoms with Crippen molar-refractivity contribution in [1.82, 2.24) is 10.2 Å². The first-order valence-corrected chi connectivity index (χ1v) is 9.76. The third-order valence-electron chi connectivity index (χ3n) is 4.67. The molecule has 0 amide bonds. The first kappa shape index (κ1) is 19.1. The summed E-state index contributed by atoms with van der Waals surface area (Å²) in [6.07, 6.45) is 1.34. The van der Waals surface area contributed by atoms with E-state index in [1.54, 1.807) is 6.92 Å². The molecule has 148 valence electrons. The van der Waals surface area contributed by atoms with Gasteiger partial charge < -0.3 is 19.8 Å². The molecule has 1 aromatic heterocycles. The normalized spacial score (nSPS) is 14.1. The highest BCUT2D eigenvalue weighted by atomic mass is 32.1. The van der Waals surface area contributed by atoms with Gasteiger partial charge in [0.1, 0.15) is 5.41 Å². The van der Waals surface area contributed by atoms with E-state index in [0.29, 0.717) is 36.3 Å². The van der Waals surface area contributed by atoms with Crippen LogP contribution in [0, 0.1) is 0 Å². The number of rotatable bonds is 6. The third kappa shape index (κ3) is 4.12. The number of esters is 1. The monoisotopic (exact) mass is 408 g/mol. The van der Waals surface area contributed by atoms with E-state index in [0.717, 1.165) is 16.9 Å². The minimum Gasteiger partial charge on any atom is -0.465 e. The van der Waals surface area contributed by atoms with Gasteiger partial charge in [0, 0.05) is 16.9 Å². The van der Waals surface area contributed by atoms with Crippen LogP contribution in [0.15, 0.2) is 59.0 Å². The molecule has 4 rings (SSSR count). The molecule has 1 saturated carbocycles. The van der Waals surface area contributed by atoms with E-state index in [1.165, 1.54) is 0 Å². The Hall–Kier alpha value is -3.26. The van der Waals surface area contributed by atoms with E-state index in [2.05, 4.69) is 20.8 Å². The summed E-state index contributed by atoms with van der Waals surface area (Å²) in [4.78, 5) is 12.2. The summed E-state index contributed by atoms with van der Waals surface area (Å²) in [5, 5.41) is 14.9. The first-order chi connectivity index (χ1) is 14.1. The predicted molar refractivity (Wildman–Crippen MR) is 114 cm³/mol. The molecule has 2 N–H and O–H groups in total. The van der Waals surface area contributed by atoms with Crippen LogP contribution in [0.25, 0.3) is 11.5 Å². The van der Waals surface area contributed by atoms with Crippen LogP contribution in [-0.4, -0.2) is 27.9 Å². The minimum atomic E-state index is -0.766. The molecule has 0 saturated heterocycles. The molecule has 0 bridgehead atoms. The zero-order valence-electron chi connectivity index (χ0n) is 15.8. The highest BCUT2D eigenvalue weighted by molar-refractivity contribution is 7.80. The maximum atomic E-state index is 12.2. The fourth-order valence-electron chi connectivity index (χ4n) is 2.94. The minimum absolute atomic E-state index is 0.297. The van der Waals surface area contributed by atoms with Gasteiger partial charge >= 0.3 is 5.97 Å². The second-order valence-corrected chi connectivity index (χ2v) is 7.15. The Bertz CT molecular complexity index is 1010. The van der Waals surface area contributed by atoms with Crippen LogP contribution in [-0.2, 0) is 14.9 Å². The van der Waals surface area contributed by atoms with Crippen molar-refractivity contribution in [3.8, 4) is 11.5 Å². The second kappa shape index (κ2) is 8.00. The van der Waals surface area contributed by atoms with Crippen molar-refractivity contribution in [2.24, 2.45) is 0 Å². The molecule has 29 heavy (non-hydrogen) atoms. The third-order valence-corrected chi connectivity index (χ3v) is 4.88. The highest BCUT2D eigenvalue weighted by Gasteiger charge is 2.57. The molecule has 3 aromatic rings. The maximum absolute atomic E-state index is 12.2. The van der Waals surface area contributed by atoms with E-state index >= 15 is 0 Å². The molecular formula is C21H20N4O3S. The van der Waals surface area contributed by atoms with Gasteiger partial charge in [-0.15, -0.1) is 10.2 Å². The van der Waals surface area contributed by atoms with Crippen molar-refractivity contribution in [3.05, 3.63) is 60.5 Å². The smallest absolute Gasteiger partial charge is 0.321 e. The number of hydrogen-bond acceptors (Lipinski definition) is 6. The second-order valence-electron chi connectivity index (χ2n) is 6.74. The van der Waals surface area contributed by atoms with Crippen molar-refractivity contribution < 1.29 is 13.9 Å². The van der Waals surface area contributed by atoms with E-state index < -0.39 is 5.41 Å². The van der Waals surface area contributed by atoms with Crippen LogP contribution >= 0.6 is 12.2 Å². The first-order valence-electron chi connectivity index (χ1n) is 9.35. The zero-order chi connectivity index (χ0) is 20.3. The van der Waals surface area contributed by atoms with Gasteiger partial charge in [-0.05, 0) is 68.4 Å². The number of ether oxygens (including phenoxy) is 1. The van der Waals surface area contributed by atoms with E-state index in [9.17, 15) is 4.79 Å². The number of anilines is 2. The van der Waals surface area contributed by atoms with Gasteiger partial charge in [0.15, 0.2) is 5.11 Å². The van der Waals surface area contributed by atoms with E-state index in [-0.39, 0.29) is 5.97 Å².